The van der Waals surface area contributed by atoms with Crippen molar-refractivity contribution in [3.63, 3.8) is 0 Å². The summed E-state index contributed by atoms with van der Waals surface area (Å²) in [7, 11) is 0. The number of aliphatic hydroxyl groups excluding tert-OH is 2. The van der Waals surface area contributed by atoms with Gasteiger partial charge in [-0.1, -0.05) is 36.4 Å². The maximum Gasteiger partial charge on any atom is 0.167 e. The molecule has 1 fully saturated rings. The Morgan fingerprint density at radius 2 is 1.91 bits per heavy atom. The van der Waals surface area contributed by atoms with Crippen LogP contribution in [-0.2, 0) is 0 Å². The minimum atomic E-state index is -1.01. The predicted octanol–water partition coefficient (Wildman–Crippen LogP) is 3.38. The molecule has 4 N–H and O–H groups in total. The molecule has 0 bridgehead atoms. The molecule has 0 spiro atoms. The van der Waals surface area contributed by atoms with Gasteiger partial charge in [0.2, 0.25) is 0 Å². The molecule has 3 aromatic rings. The van der Waals surface area contributed by atoms with Crippen LogP contribution in [0.2, 0.25) is 0 Å². The third-order valence-corrected chi connectivity index (χ3v) is 6.83. The average Bonchev–Trinajstić information content (AvgIpc) is 2.85. The summed E-state index contributed by atoms with van der Waals surface area (Å²) in [5.74, 6) is -2.29. The quantitative estimate of drug-likeness (QED) is 0.389. The topological polar surface area (TPSA) is 101 Å². The molecule has 35 heavy (non-hydrogen) atoms. The van der Waals surface area contributed by atoms with E-state index in [0.717, 1.165) is 0 Å². The number of benzene rings is 3. The zero-order valence-corrected chi connectivity index (χ0v) is 19.4. The molecule has 4 rings (SSSR count). The molecule has 3 aromatic carbocycles. The summed E-state index contributed by atoms with van der Waals surface area (Å²) >= 11 is 0. The van der Waals surface area contributed by atoms with Gasteiger partial charge in [0.1, 0.15) is 17.3 Å². The fraction of sp³-hybridized carbons (Fsp3) is 0.321. The molecule has 1 aliphatic heterocycles. The van der Waals surface area contributed by atoms with Crippen LogP contribution < -0.4 is 0 Å². The number of halogens is 1. The second kappa shape index (κ2) is 10.6. The number of nitrogens with zero attached hydrogens (tertiary/aromatic N) is 1. The van der Waals surface area contributed by atoms with Gasteiger partial charge in [-0.3, -0.25) is 9.69 Å². The molecule has 7 heteroatoms. The van der Waals surface area contributed by atoms with E-state index in [2.05, 4.69) is 6.07 Å². The van der Waals surface area contributed by atoms with Crippen molar-refractivity contribution in [3.8, 4) is 11.5 Å². The molecule has 1 radical (unpaired) electrons. The summed E-state index contributed by atoms with van der Waals surface area (Å²) < 4.78 is 14.7. The maximum absolute atomic E-state index is 14.7. The monoisotopic (exact) mass is 478 g/mol. The number of aliphatic hydroxyl groups is 2. The molecule has 0 saturated carbocycles. The van der Waals surface area contributed by atoms with Gasteiger partial charge in [0.25, 0.3) is 0 Å². The van der Waals surface area contributed by atoms with Crippen LogP contribution in [-0.4, -0.2) is 63.5 Å². The minimum Gasteiger partial charge on any atom is -0.508 e. The van der Waals surface area contributed by atoms with Crippen LogP contribution in [0.15, 0.2) is 60.7 Å². The van der Waals surface area contributed by atoms with Gasteiger partial charge in [-0.15, -0.1) is 0 Å². The number of piperidine rings is 1. The first-order valence-electron chi connectivity index (χ1n) is 11.6. The third-order valence-electron chi connectivity index (χ3n) is 6.83. The number of phenols is 2. The summed E-state index contributed by atoms with van der Waals surface area (Å²) in [5, 5.41) is 40.3. The molecule has 0 amide bonds. The number of β-amino-alcohol motifs (C(OH)–C–C–N with tert-alkyl or cyclic N) is 1. The number of carbonyl (C=O) groups is 1. The van der Waals surface area contributed by atoms with Crippen molar-refractivity contribution in [3.05, 3.63) is 94.8 Å². The van der Waals surface area contributed by atoms with E-state index in [4.69, 9.17) is 0 Å². The Bertz CT molecular complexity index is 1200. The number of ketones is 1. The van der Waals surface area contributed by atoms with Crippen LogP contribution in [0.1, 0.15) is 38.9 Å². The van der Waals surface area contributed by atoms with Gasteiger partial charge >= 0.3 is 0 Å². The molecule has 1 unspecified atom stereocenters. The van der Waals surface area contributed by atoms with Gasteiger partial charge in [-0.25, -0.2) is 4.39 Å². The highest BCUT2D eigenvalue weighted by atomic mass is 19.1. The van der Waals surface area contributed by atoms with Crippen LogP contribution >= 0.6 is 0 Å². The highest BCUT2D eigenvalue weighted by Gasteiger charge is 2.44. The number of hydrogen-bond acceptors (Lipinski definition) is 6. The lowest BCUT2D eigenvalue weighted by Crippen LogP contribution is -2.49. The third kappa shape index (κ3) is 5.22. The van der Waals surface area contributed by atoms with Crippen molar-refractivity contribution in [2.75, 3.05) is 26.2 Å². The first-order chi connectivity index (χ1) is 16.8. The number of likely N-dealkylation sites (tertiary alicyclic amines) is 1. The number of aromatic hydroxyl groups is 2. The van der Waals surface area contributed by atoms with Crippen molar-refractivity contribution in [1.82, 2.24) is 4.90 Å². The molecule has 1 aliphatic rings. The van der Waals surface area contributed by atoms with Gasteiger partial charge in [0.05, 0.1) is 12.7 Å². The van der Waals surface area contributed by atoms with Crippen LogP contribution in [0.4, 0.5) is 4.39 Å². The summed E-state index contributed by atoms with van der Waals surface area (Å²) in [5.41, 5.74) is 1.90. The Hall–Kier alpha value is -3.26. The zero-order valence-electron chi connectivity index (χ0n) is 19.4. The van der Waals surface area contributed by atoms with Crippen molar-refractivity contribution in [2.24, 2.45) is 5.92 Å². The fourth-order valence-electron chi connectivity index (χ4n) is 5.19. The van der Waals surface area contributed by atoms with Crippen molar-refractivity contribution < 1.29 is 29.6 Å². The van der Waals surface area contributed by atoms with Gasteiger partial charge in [-0.05, 0) is 48.4 Å². The van der Waals surface area contributed by atoms with Gasteiger partial charge in [-0.2, -0.15) is 0 Å². The Morgan fingerprint density at radius 1 is 1.14 bits per heavy atom. The lowest BCUT2D eigenvalue weighted by molar-refractivity contribution is 0.0331. The van der Waals surface area contributed by atoms with E-state index in [1.807, 2.05) is 4.90 Å². The molecular formula is C28H29FNO5. The highest BCUT2D eigenvalue weighted by Crippen LogP contribution is 2.47. The lowest BCUT2D eigenvalue weighted by atomic mass is 9.67. The Morgan fingerprint density at radius 3 is 2.63 bits per heavy atom. The normalized spacial score (nSPS) is 21.5. The predicted molar refractivity (Wildman–Crippen MR) is 129 cm³/mol. The minimum absolute atomic E-state index is 0.0182. The van der Waals surface area contributed by atoms with Crippen molar-refractivity contribution in [2.45, 2.75) is 24.9 Å². The smallest absolute Gasteiger partial charge is 0.167 e. The molecule has 0 aliphatic carbocycles. The van der Waals surface area contributed by atoms with E-state index in [0.29, 0.717) is 28.8 Å². The van der Waals surface area contributed by atoms with E-state index in [9.17, 15) is 29.6 Å². The molecule has 4 atom stereocenters. The molecule has 6 nitrogen and oxygen atoms in total. The highest BCUT2D eigenvalue weighted by molar-refractivity contribution is 5.99. The summed E-state index contributed by atoms with van der Waals surface area (Å²) in [4.78, 5) is 15.8. The summed E-state index contributed by atoms with van der Waals surface area (Å²) in [6.07, 6.45) is -1.01. The Kier molecular flexibility index (Phi) is 7.50. The average molecular weight is 479 g/mol. The molecular weight excluding hydrogens is 449 g/mol. The second-order valence-electron chi connectivity index (χ2n) is 9.13. The van der Waals surface area contributed by atoms with E-state index < -0.39 is 30.5 Å². The standard InChI is InChI=1S/C28H29FNO5/c1-17-21(9-5-10-25(17)29)27-23(22-8-2-3-11-26(22)34)14-30(13-20(33)16-31)15-24(27)28(35)18-6-4-7-19(32)12-18/h2-7,9-12,20,23-24,27,31-34H,13-16H2,1H3/t20?,23-,24+,27-/m1/s1. The molecule has 183 valence electrons. The van der Waals surface area contributed by atoms with E-state index >= 15 is 0 Å². The van der Waals surface area contributed by atoms with Crippen molar-refractivity contribution >= 4 is 5.78 Å². The van der Waals surface area contributed by atoms with Gasteiger partial charge in [0, 0.05) is 48.5 Å². The largest absolute Gasteiger partial charge is 0.508 e. The van der Waals surface area contributed by atoms with Gasteiger partial charge < -0.3 is 20.4 Å². The zero-order chi connectivity index (χ0) is 25.1. The maximum atomic E-state index is 14.7. The summed E-state index contributed by atoms with van der Waals surface area (Å²) in [6.45, 7) is 1.97. The van der Waals surface area contributed by atoms with Crippen LogP contribution in [0, 0.1) is 24.7 Å². The van der Waals surface area contributed by atoms with Crippen LogP contribution in [0.25, 0.3) is 0 Å². The lowest BCUT2D eigenvalue weighted by Gasteiger charge is -2.45. The second-order valence-corrected chi connectivity index (χ2v) is 9.13. The van der Waals surface area contributed by atoms with E-state index in [-0.39, 0.29) is 36.2 Å². The number of phenolic OH excluding ortho intramolecular Hbond substituents is 2. The van der Waals surface area contributed by atoms with E-state index in [1.54, 1.807) is 49.4 Å². The Balaban J connectivity index is 1.88. The summed E-state index contributed by atoms with van der Waals surface area (Å²) in [6, 6.07) is 18.9. The fourth-order valence-corrected chi connectivity index (χ4v) is 5.19. The number of Topliss-reactive ketones (excluding diaryl/α,β-unsaturated/α-hetero) is 1. The molecule has 1 saturated heterocycles. The molecule has 1 heterocycles. The number of hydrogen-bond donors (Lipinski definition) is 4. The van der Waals surface area contributed by atoms with Crippen LogP contribution in [0.5, 0.6) is 11.5 Å². The molecule has 0 aromatic heterocycles. The Labute approximate surface area is 203 Å². The number of rotatable bonds is 7. The van der Waals surface area contributed by atoms with E-state index in [1.165, 1.54) is 18.2 Å². The van der Waals surface area contributed by atoms with Crippen molar-refractivity contribution in [1.29, 1.82) is 0 Å². The SMILES string of the molecule is Cc1c(F)cccc1[C@H]1[C@@H](C(=O)c2cccc(O)c2)CN(CC(O)CO)C[C@@H]1c1[c]cccc1O. The number of carbonyl (C=O) groups excluding carboxylic acids is 1. The van der Waals surface area contributed by atoms with Gasteiger partial charge in [0.15, 0.2) is 5.78 Å². The first-order valence-corrected chi connectivity index (χ1v) is 11.6. The first kappa shape index (κ1) is 24.9. The van der Waals surface area contributed by atoms with Crippen LogP contribution in [0.3, 0.4) is 0 Å².